The molecule has 27 heavy (non-hydrogen) atoms. The first-order chi connectivity index (χ1) is 12.8. The molecule has 2 aromatic rings. The van der Waals surface area contributed by atoms with Crippen LogP contribution < -0.4 is 0 Å². The van der Waals surface area contributed by atoms with Crippen molar-refractivity contribution in [2.45, 2.75) is 70.8 Å². The van der Waals surface area contributed by atoms with E-state index in [9.17, 15) is 10.1 Å². The lowest BCUT2D eigenvalue weighted by molar-refractivity contribution is -0.385. The molecule has 0 aliphatic heterocycles. The molecular weight excluding hydrogens is 346 g/mol. The van der Waals surface area contributed by atoms with Crippen LogP contribution in [0.25, 0.3) is 0 Å². The summed E-state index contributed by atoms with van der Waals surface area (Å²) in [5.74, 6) is 2.18. The molecule has 6 rings (SSSR count). The van der Waals surface area contributed by atoms with E-state index in [1.807, 2.05) is 0 Å². The second-order valence-corrected chi connectivity index (χ2v) is 9.88. The zero-order valence-corrected chi connectivity index (χ0v) is 15.8. The van der Waals surface area contributed by atoms with Gasteiger partial charge < -0.3 is 4.42 Å². The molecule has 4 fully saturated rings. The van der Waals surface area contributed by atoms with Crippen LogP contribution in [0.2, 0.25) is 0 Å². The van der Waals surface area contributed by atoms with E-state index in [0.29, 0.717) is 29.7 Å². The number of nitrogens with zero attached hydrogens (tertiary/aromatic N) is 5. The number of hydrogen-bond donors (Lipinski definition) is 0. The van der Waals surface area contributed by atoms with E-state index < -0.39 is 4.92 Å². The minimum absolute atomic E-state index is 0.00345. The van der Waals surface area contributed by atoms with Crippen LogP contribution in [-0.4, -0.2) is 24.9 Å². The van der Waals surface area contributed by atoms with Gasteiger partial charge in [0.2, 0.25) is 11.8 Å². The Kier molecular flexibility index (Phi) is 3.37. The van der Waals surface area contributed by atoms with Gasteiger partial charge in [-0.25, -0.2) is 0 Å². The Hall–Kier alpha value is -2.25. The third-order valence-electron chi connectivity index (χ3n) is 6.93. The van der Waals surface area contributed by atoms with Crippen molar-refractivity contribution >= 4 is 5.69 Å². The van der Waals surface area contributed by atoms with E-state index in [1.165, 1.54) is 38.1 Å². The van der Waals surface area contributed by atoms with Gasteiger partial charge in [-0.1, -0.05) is 13.8 Å². The summed E-state index contributed by atoms with van der Waals surface area (Å²) in [4.78, 5) is 10.3. The van der Waals surface area contributed by atoms with Crippen molar-refractivity contribution in [3.8, 4) is 0 Å². The number of hydrogen-bond acceptors (Lipinski definition) is 6. The maximum atomic E-state index is 10.8. The van der Waals surface area contributed by atoms with Crippen molar-refractivity contribution in [2.75, 3.05) is 0 Å². The minimum Gasteiger partial charge on any atom is -0.425 e. The molecule has 4 aliphatic rings. The maximum absolute atomic E-state index is 10.8. The molecule has 0 N–H and O–H groups in total. The molecule has 2 atom stereocenters. The lowest BCUT2D eigenvalue weighted by Gasteiger charge is -2.64. The highest BCUT2D eigenvalue weighted by Crippen LogP contribution is 2.69. The summed E-state index contributed by atoms with van der Waals surface area (Å²) in [6, 6.07) is 0. The molecule has 8 nitrogen and oxygen atoms in total. The predicted octanol–water partition coefficient (Wildman–Crippen LogP) is 3.67. The summed E-state index contributed by atoms with van der Waals surface area (Å²) in [6.45, 7) is 5.36. The molecule has 144 valence electrons. The largest absolute Gasteiger partial charge is 0.425 e. The normalized spacial score (nSPS) is 37.0. The molecular formula is C19H25N5O3. The average molecular weight is 371 g/mol. The SMILES string of the molecule is CC12CC3CC(C)(C1)CC(c1nnc(CCn4cc([N+](=O)[O-])cn4)o1)(C3)C2. The molecule has 0 saturated heterocycles. The quantitative estimate of drug-likeness (QED) is 0.587. The highest BCUT2D eigenvalue weighted by molar-refractivity contribution is 5.21. The molecule has 2 heterocycles. The highest BCUT2D eigenvalue weighted by Gasteiger charge is 2.62. The van der Waals surface area contributed by atoms with Crippen molar-refractivity contribution in [1.29, 1.82) is 0 Å². The molecule has 4 saturated carbocycles. The molecule has 2 aromatic heterocycles. The van der Waals surface area contributed by atoms with Crippen molar-refractivity contribution in [3.05, 3.63) is 34.3 Å². The topological polar surface area (TPSA) is 99.9 Å². The summed E-state index contributed by atoms with van der Waals surface area (Å²) < 4.78 is 7.69. The summed E-state index contributed by atoms with van der Waals surface area (Å²) >= 11 is 0. The van der Waals surface area contributed by atoms with Gasteiger partial charge in [-0.3, -0.25) is 14.8 Å². The lowest BCUT2D eigenvalue weighted by atomic mass is 9.40. The summed E-state index contributed by atoms with van der Waals surface area (Å²) in [5.41, 5.74) is 0.836. The fourth-order valence-corrected chi connectivity index (χ4v) is 7.03. The number of aryl methyl sites for hydroxylation is 2. The van der Waals surface area contributed by atoms with Gasteiger partial charge >= 0.3 is 5.69 Å². The van der Waals surface area contributed by atoms with Gasteiger partial charge in [0, 0.05) is 18.4 Å². The number of nitro groups is 1. The van der Waals surface area contributed by atoms with E-state index in [1.54, 1.807) is 4.68 Å². The molecule has 0 amide bonds. The molecule has 0 aromatic carbocycles. The van der Waals surface area contributed by atoms with Crippen LogP contribution in [0.15, 0.2) is 16.8 Å². The zero-order valence-electron chi connectivity index (χ0n) is 15.8. The lowest BCUT2D eigenvalue weighted by Crippen LogP contribution is -2.57. The van der Waals surface area contributed by atoms with Crippen LogP contribution in [0.3, 0.4) is 0 Å². The van der Waals surface area contributed by atoms with Crippen LogP contribution in [0, 0.1) is 26.9 Å². The first-order valence-electron chi connectivity index (χ1n) is 9.76. The van der Waals surface area contributed by atoms with E-state index in [2.05, 4.69) is 29.1 Å². The van der Waals surface area contributed by atoms with Gasteiger partial charge in [-0.15, -0.1) is 10.2 Å². The van der Waals surface area contributed by atoms with Gasteiger partial charge in [-0.05, 0) is 55.3 Å². The fourth-order valence-electron chi connectivity index (χ4n) is 7.03. The Morgan fingerprint density at radius 3 is 2.59 bits per heavy atom. The first-order valence-corrected chi connectivity index (χ1v) is 9.76. The molecule has 4 aliphatic carbocycles. The van der Waals surface area contributed by atoms with Crippen molar-refractivity contribution in [2.24, 2.45) is 16.7 Å². The Morgan fingerprint density at radius 1 is 1.22 bits per heavy atom. The summed E-state index contributed by atoms with van der Waals surface area (Å²) in [7, 11) is 0. The number of aromatic nitrogens is 4. The van der Waals surface area contributed by atoms with Gasteiger partial charge in [0.25, 0.3) is 0 Å². The predicted molar refractivity (Wildman–Crippen MR) is 96.0 cm³/mol. The molecule has 4 bridgehead atoms. The smallest absolute Gasteiger partial charge is 0.306 e. The fraction of sp³-hybridized carbons (Fsp3) is 0.737. The van der Waals surface area contributed by atoms with Crippen molar-refractivity contribution in [1.82, 2.24) is 20.0 Å². The van der Waals surface area contributed by atoms with E-state index in [0.717, 1.165) is 24.7 Å². The zero-order chi connectivity index (χ0) is 18.9. The van der Waals surface area contributed by atoms with Crippen LogP contribution >= 0.6 is 0 Å². The van der Waals surface area contributed by atoms with E-state index >= 15 is 0 Å². The Bertz CT molecular complexity index is 885. The average Bonchev–Trinajstić information content (AvgIpc) is 3.19. The molecule has 2 unspecified atom stereocenters. The van der Waals surface area contributed by atoms with E-state index in [-0.39, 0.29) is 11.1 Å². The standard InChI is InChI=1S/C19H25N5O3/c1-17-5-13-6-18(2,10-17)12-19(7-13,11-17)16-22-21-15(27-16)3-4-23-9-14(8-20-23)24(25)26/h8-9,13H,3-7,10-12H2,1-2H3. The molecule has 0 radical (unpaired) electrons. The summed E-state index contributed by atoms with van der Waals surface area (Å²) in [6.07, 6.45) is 10.7. The van der Waals surface area contributed by atoms with Crippen LogP contribution in [-0.2, 0) is 18.4 Å². The van der Waals surface area contributed by atoms with Crippen LogP contribution in [0.4, 0.5) is 5.69 Å². The summed E-state index contributed by atoms with van der Waals surface area (Å²) in [5, 5.41) is 23.5. The molecule has 0 spiro atoms. The minimum atomic E-state index is -0.442. The third-order valence-corrected chi connectivity index (χ3v) is 6.93. The Labute approximate surface area is 157 Å². The first kappa shape index (κ1) is 16.9. The van der Waals surface area contributed by atoms with E-state index in [4.69, 9.17) is 4.42 Å². The molecule has 8 heteroatoms. The van der Waals surface area contributed by atoms with Crippen LogP contribution in [0.5, 0.6) is 0 Å². The highest BCUT2D eigenvalue weighted by atomic mass is 16.6. The van der Waals surface area contributed by atoms with Crippen molar-refractivity contribution < 1.29 is 9.34 Å². The van der Waals surface area contributed by atoms with Gasteiger partial charge in [0.05, 0.1) is 4.92 Å². The second-order valence-electron chi connectivity index (χ2n) is 9.88. The number of rotatable bonds is 5. The monoisotopic (exact) mass is 371 g/mol. The second kappa shape index (κ2) is 5.39. The third kappa shape index (κ3) is 2.76. The maximum Gasteiger partial charge on any atom is 0.306 e. The van der Waals surface area contributed by atoms with Gasteiger partial charge in [0.1, 0.15) is 12.4 Å². The van der Waals surface area contributed by atoms with Crippen molar-refractivity contribution in [3.63, 3.8) is 0 Å². The Balaban J connectivity index is 1.34. The Morgan fingerprint density at radius 2 is 1.96 bits per heavy atom. The van der Waals surface area contributed by atoms with Gasteiger partial charge in [0.15, 0.2) is 0 Å². The van der Waals surface area contributed by atoms with Gasteiger partial charge in [-0.2, -0.15) is 5.10 Å². The van der Waals surface area contributed by atoms with Crippen LogP contribution in [0.1, 0.15) is 64.2 Å².